The summed E-state index contributed by atoms with van der Waals surface area (Å²) in [5, 5.41) is 2.84. The van der Waals surface area contributed by atoms with E-state index in [0.717, 1.165) is 25.7 Å². The van der Waals surface area contributed by atoms with E-state index in [1.807, 2.05) is 0 Å². The van der Waals surface area contributed by atoms with Crippen LogP contribution in [0.1, 0.15) is 51.1 Å². The topological polar surface area (TPSA) is 120 Å². The summed E-state index contributed by atoms with van der Waals surface area (Å²) in [5.74, 6) is -0.0978. The fraction of sp³-hybridized carbons (Fsp3) is 0.500. The Balaban J connectivity index is 1.38. The number of carbonyl (C=O) groups is 1. The van der Waals surface area contributed by atoms with Gasteiger partial charge in [-0.3, -0.25) is 4.79 Å². The normalized spacial score (nSPS) is 22.0. The van der Waals surface area contributed by atoms with Gasteiger partial charge in [0.15, 0.2) is 5.82 Å². The zero-order valence-corrected chi connectivity index (χ0v) is 22.2. The number of hydrogen-bond acceptors (Lipinski definition) is 8. The number of amides is 1. The molecule has 5 rings (SSSR count). The molecule has 0 spiro atoms. The molecule has 1 saturated carbocycles. The number of nitrogens with one attached hydrogen (secondary N) is 2. The highest BCUT2D eigenvalue weighted by Gasteiger charge is 2.40. The van der Waals surface area contributed by atoms with Gasteiger partial charge >= 0.3 is 6.01 Å². The van der Waals surface area contributed by atoms with Crippen LogP contribution in [-0.4, -0.2) is 65.4 Å². The van der Waals surface area contributed by atoms with Crippen LogP contribution in [0.2, 0.25) is 0 Å². The first-order chi connectivity index (χ1) is 18.9. The van der Waals surface area contributed by atoms with Crippen molar-refractivity contribution in [3.05, 3.63) is 48.2 Å². The van der Waals surface area contributed by atoms with Crippen LogP contribution >= 0.6 is 0 Å². The number of ether oxygens (including phenoxy) is 4. The monoisotopic (exact) mass is 539 g/mol. The largest absolute Gasteiger partial charge is 0.460 e. The van der Waals surface area contributed by atoms with Crippen LogP contribution < -0.4 is 10.1 Å². The van der Waals surface area contributed by atoms with E-state index in [-0.39, 0.29) is 31.0 Å². The summed E-state index contributed by atoms with van der Waals surface area (Å²) in [7, 11) is 1.58. The lowest BCUT2D eigenvalue weighted by Crippen LogP contribution is -2.49. The van der Waals surface area contributed by atoms with Crippen molar-refractivity contribution in [3.8, 4) is 28.7 Å². The van der Waals surface area contributed by atoms with Gasteiger partial charge in [-0.25, -0.2) is 14.4 Å². The Hall–Kier alpha value is -3.41. The van der Waals surface area contributed by atoms with Gasteiger partial charge in [0.1, 0.15) is 11.9 Å². The molecule has 3 heterocycles. The molecule has 10 nitrogen and oxygen atoms in total. The molecule has 2 N–H and O–H groups in total. The molecule has 1 amide bonds. The number of hydrogen-bond donors (Lipinski definition) is 2. The van der Waals surface area contributed by atoms with E-state index >= 15 is 0 Å². The number of nitrogens with zero attached hydrogens (tertiary/aromatic N) is 3. The Morgan fingerprint density at radius 2 is 1.87 bits per heavy atom. The van der Waals surface area contributed by atoms with Crippen LogP contribution in [0, 0.1) is 11.2 Å². The van der Waals surface area contributed by atoms with Gasteiger partial charge < -0.3 is 29.2 Å². The minimum Gasteiger partial charge on any atom is -0.460 e. The first-order valence-corrected chi connectivity index (χ1v) is 13.3. The summed E-state index contributed by atoms with van der Waals surface area (Å²) in [6.45, 7) is 2.90. The van der Waals surface area contributed by atoms with Crippen molar-refractivity contribution in [2.45, 2.75) is 51.4 Å². The quantitative estimate of drug-likeness (QED) is 0.388. The number of benzene rings is 1. The second kappa shape index (κ2) is 12.2. The van der Waals surface area contributed by atoms with Gasteiger partial charge in [-0.1, -0.05) is 6.42 Å². The van der Waals surface area contributed by atoms with E-state index in [4.69, 9.17) is 23.9 Å². The molecular formula is C28H34FN5O5. The van der Waals surface area contributed by atoms with Gasteiger partial charge in [0, 0.05) is 25.4 Å². The Labute approximate surface area is 226 Å². The van der Waals surface area contributed by atoms with Crippen molar-refractivity contribution in [1.29, 1.82) is 0 Å². The van der Waals surface area contributed by atoms with E-state index < -0.39 is 11.7 Å². The predicted octanol–water partition coefficient (Wildman–Crippen LogP) is 4.20. The number of H-pyrrole nitrogens is 1. The maximum absolute atomic E-state index is 13.7. The lowest BCUT2D eigenvalue weighted by Gasteiger charge is -2.35. The molecule has 3 aromatic rings. The highest BCUT2D eigenvalue weighted by Crippen LogP contribution is 2.36. The average Bonchev–Trinajstić information content (AvgIpc) is 3.40. The third-order valence-electron chi connectivity index (χ3n) is 7.02. The fourth-order valence-corrected chi connectivity index (χ4v) is 4.75. The summed E-state index contributed by atoms with van der Waals surface area (Å²) in [4.78, 5) is 29.7. The van der Waals surface area contributed by atoms with E-state index in [2.05, 4.69) is 20.3 Å². The first kappa shape index (κ1) is 27.2. The molecule has 0 bridgehead atoms. The highest BCUT2D eigenvalue weighted by molar-refractivity contribution is 5.82. The molecular weight excluding hydrogens is 505 g/mol. The van der Waals surface area contributed by atoms with Crippen LogP contribution in [0.15, 0.2) is 36.5 Å². The first-order valence-electron chi connectivity index (χ1n) is 13.3. The van der Waals surface area contributed by atoms with Crippen molar-refractivity contribution in [3.63, 3.8) is 0 Å². The predicted molar refractivity (Wildman–Crippen MR) is 140 cm³/mol. The minimum atomic E-state index is -0.850. The van der Waals surface area contributed by atoms with Gasteiger partial charge in [0.25, 0.3) is 0 Å². The standard InChI is InChI=1S/C28H34FN5O5/c1-28(26(35)30-14-15-36-2)16-37-25(38-17-28)24-33-22(18-8-10-19(29)11-9-18)23(34-24)21-12-13-31-27(32-21)39-20-6-4-3-5-7-20/h8-13,20,25H,3-7,14-17H2,1-2H3,(H,30,35)(H,33,34). The number of carbonyl (C=O) groups excluding carboxylic acids is 1. The Bertz CT molecular complexity index is 1250. The Kier molecular flexibility index (Phi) is 8.49. The maximum atomic E-state index is 13.7. The number of halogens is 1. The van der Waals surface area contributed by atoms with Crippen LogP contribution in [0.3, 0.4) is 0 Å². The number of aromatic nitrogens is 4. The molecule has 1 aliphatic heterocycles. The molecule has 39 heavy (non-hydrogen) atoms. The van der Waals surface area contributed by atoms with Gasteiger partial charge in [-0.15, -0.1) is 0 Å². The van der Waals surface area contributed by atoms with Gasteiger partial charge in [0.2, 0.25) is 12.2 Å². The van der Waals surface area contributed by atoms with E-state index in [9.17, 15) is 9.18 Å². The summed E-state index contributed by atoms with van der Waals surface area (Å²) in [6.07, 6.45) is 6.41. The summed E-state index contributed by atoms with van der Waals surface area (Å²) < 4.78 is 36.7. The Morgan fingerprint density at radius 1 is 1.13 bits per heavy atom. The summed E-state index contributed by atoms with van der Waals surface area (Å²) in [5.41, 5.74) is 1.58. The smallest absolute Gasteiger partial charge is 0.317 e. The zero-order valence-electron chi connectivity index (χ0n) is 22.2. The van der Waals surface area contributed by atoms with E-state index in [0.29, 0.717) is 47.6 Å². The van der Waals surface area contributed by atoms with Gasteiger partial charge in [0.05, 0.1) is 42.3 Å². The molecule has 208 valence electrons. The Morgan fingerprint density at radius 3 is 2.59 bits per heavy atom. The molecule has 2 aliphatic rings. The molecule has 0 radical (unpaired) electrons. The minimum absolute atomic E-state index is 0.105. The zero-order chi connectivity index (χ0) is 27.2. The van der Waals surface area contributed by atoms with Crippen molar-refractivity contribution >= 4 is 5.91 Å². The second-order valence-corrected chi connectivity index (χ2v) is 10.2. The van der Waals surface area contributed by atoms with Crippen LogP contribution in [0.5, 0.6) is 6.01 Å². The number of rotatable bonds is 9. The van der Waals surface area contributed by atoms with E-state index in [1.165, 1.54) is 18.6 Å². The molecule has 1 aliphatic carbocycles. The third-order valence-corrected chi connectivity index (χ3v) is 7.02. The molecule has 1 saturated heterocycles. The molecule has 2 fully saturated rings. The van der Waals surface area contributed by atoms with Crippen molar-refractivity contribution in [1.82, 2.24) is 25.3 Å². The van der Waals surface area contributed by atoms with Crippen molar-refractivity contribution in [2.75, 3.05) is 33.5 Å². The highest BCUT2D eigenvalue weighted by atomic mass is 19.1. The lowest BCUT2D eigenvalue weighted by molar-refractivity contribution is -0.231. The summed E-state index contributed by atoms with van der Waals surface area (Å²) >= 11 is 0. The lowest BCUT2D eigenvalue weighted by atomic mass is 9.91. The van der Waals surface area contributed by atoms with Crippen molar-refractivity contribution < 1.29 is 28.1 Å². The van der Waals surface area contributed by atoms with Crippen LogP contribution in [0.25, 0.3) is 22.6 Å². The molecule has 0 atom stereocenters. The molecule has 2 aromatic heterocycles. The number of aromatic amines is 1. The van der Waals surface area contributed by atoms with E-state index in [1.54, 1.807) is 38.4 Å². The van der Waals surface area contributed by atoms with Crippen molar-refractivity contribution in [2.24, 2.45) is 5.41 Å². The summed E-state index contributed by atoms with van der Waals surface area (Å²) in [6, 6.07) is 8.15. The SMILES string of the molecule is COCCNC(=O)C1(C)COC(c2nc(-c3ccc(F)cc3)c(-c3ccnc(OC4CCCCC4)n3)[nH]2)OC1. The third kappa shape index (κ3) is 6.43. The van der Waals surface area contributed by atoms with Crippen LogP contribution in [0.4, 0.5) is 4.39 Å². The van der Waals surface area contributed by atoms with Gasteiger partial charge in [-0.2, -0.15) is 4.98 Å². The molecule has 0 unspecified atom stereocenters. The fourth-order valence-electron chi connectivity index (χ4n) is 4.75. The number of methoxy groups -OCH3 is 1. The average molecular weight is 540 g/mol. The van der Waals surface area contributed by atoms with Crippen LogP contribution in [-0.2, 0) is 19.0 Å². The number of imidazole rings is 1. The van der Waals surface area contributed by atoms with Gasteiger partial charge in [-0.05, 0) is 62.9 Å². The molecule has 1 aromatic carbocycles. The molecule has 11 heteroatoms. The maximum Gasteiger partial charge on any atom is 0.317 e. The second-order valence-electron chi connectivity index (χ2n) is 10.2.